The standard InChI is InChI=1S/C20H27N3O/c1-20(2,3)17-10-8-15(9-11-17)19(24)21-12-13-23-18-7-5-4-6-16(18)14-22-23/h8-11,14H,4-7,12-13H2,1-3H3,(H,21,24). The van der Waals surface area contributed by atoms with Gasteiger partial charge in [0, 0.05) is 17.8 Å². The summed E-state index contributed by atoms with van der Waals surface area (Å²) in [5.41, 5.74) is 4.79. The van der Waals surface area contributed by atoms with Crippen LogP contribution in [0.3, 0.4) is 0 Å². The van der Waals surface area contributed by atoms with E-state index >= 15 is 0 Å². The molecule has 1 aliphatic carbocycles. The number of rotatable bonds is 4. The van der Waals surface area contributed by atoms with Crippen molar-refractivity contribution in [3.8, 4) is 0 Å². The van der Waals surface area contributed by atoms with Crippen LogP contribution in [0.2, 0.25) is 0 Å². The van der Waals surface area contributed by atoms with Gasteiger partial charge in [0.15, 0.2) is 0 Å². The number of benzene rings is 1. The third-order valence-electron chi connectivity index (χ3n) is 4.77. The Bertz CT molecular complexity index is 707. The minimum Gasteiger partial charge on any atom is -0.350 e. The Balaban J connectivity index is 1.55. The normalized spacial score (nSPS) is 14.3. The van der Waals surface area contributed by atoms with E-state index < -0.39 is 0 Å². The Morgan fingerprint density at radius 3 is 2.58 bits per heavy atom. The number of carbonyl (C=O) groups excluding carboxylic acids is 1. The van der Waals surface area contributed by atoms with Gasteiger partial charge in [-0.05, 0) is 54.4 Å². The molecule has 0 saturated carbocycles. The maximum absolute atomic E-state index is 12.3. The average Bonchev–Trinajstić information content (AvgIpc) is 2.97. The first-order chi connectivity index (χ1) is 11.4. The molecule has 2 aromatic rings. The van der Waals surface area contributed by atoms with Gasteiger partial charge in [0.25, 0.3) is 5.91 Å². The average molecular weight is 325 g/mol. The quantitative estimate of drug-likeness (QED) is 0.935. The van der Waals surface area contributed by atoms with E-state index in [1.807, 2.05) is 30.5 Å². The molecule has 0 atom stereocenters. The Kier molecular flexibility index (Phi) is 4.74. The first kappa shape index (κ1) is 16.7. The highest BCUT2D eigenvalue weighted by Crippen LogP contribution is 2.22. The third kappa shape index (κ3) is 3.69. The van der Waals surface area contributed by atoms with Gasteiger partial charge in [-0.3, -0.25) is 9.48 Å². The maximum atomic E-state index is 12.3. The monoisotopic (exact) mass is 325 g/mol. The van der Waals surface area contributed by atoms with Gasteiger partial charge >= 0.3 is 0 Å². The second-order valence-electron chi connectivity index (χ2n) is 7.63. The zero-order valence-electron chi connectivity index (χ0n) is 14.9. The number of hydrogen-bond acceptors (Lipinski definition) is 2. The van der Waals surface area contributed by atoms with Crippen molar-refractivity contribution < 1.29 is 4.79 Å². The molecule has 0 fully saturated rings. The van der Waals surface area contributed by atoms with Gasteiger partial charge in [-0.2, -0.15) is 5.10 Å². The van der Waals surface area contributed by atoms with Crippen LogP contribution in [0.15, 0.2) is 30.5 Å². The number of carbonyl (C=O) groups is 1. The molecule has 4 nitrogen and oxygen atoms in total. The number of hydrogen-bond donors (Lipinski definition) is 1. The molecular formula is C20H27N3O. The summed E-state index contributed by atoms with van der Waals surface area (Å²) in [5.74, 6) is -0.0171. The molecular weight excluding hydrogens is 298 g/mol. The van der Waals surface area contributed by atoms with E-state index in [2.05, 4.69) is 35.9 Å². The number of aromatic nitrogens is 2. The van der Waals surface area contributed by atoms with Gasteiger partial charge in [0.05, 0.1) is 12.7 Å². The first-order valence-electron chi connectivity index (χ1n) is 8.87. The van der Waals surface area contributed by atoms with E-state index in [9.17, 15) is 4.79 Å². The third-order valence-corrected chi connectivity index (χ3v) is 4.77. The van der Waals surface area contributed by atoms with E-state index in [-0.39, 0.29) is 11.3 Å². The summed E-state index contributed by atoms with van der Waals surface area (Å²) in [6.07, 6.45) is 6.74. The molecule has 128 valence electrons. The summed E-state index contributed by atoms with van der Waals surface area (Å²) in [6, 6.07) is 7.90. The summed E-state index contributed by atoms with van der Waals surface area (Å²) in [6.45, 7) is 7.86. The molecule has 0 bridgehead atoms. The molecule has 1 aliphatic rings. The fourth-order valence-corrected chi connectivity index (χ4v) is 3.25. The largest absolute Gasteiger partial charge is 0.350 e. The zero-order chi connectivity index (χ0) is 17.2. The van der Waals surface area contributed by atoms with Gasteiger partial charge < -0.3 is 5.32 Å². The SMILES string of the molecule is CC(C)(C)c1ccc(C(=O)NCCn2ncc3c2CCCC3)cc1. The lowest BCUT2D eigenvalue weighted by atomic mass is 9.87. The predicted octanol–water partition coefficient (Wildman–Crippen LogP) is 3.49. The predicted molar refractivity (Wildman–Crippen MR) is 96.3 cm³/mol. The fraction of sp³-hybridized carbons (Fsp3) is 0.500. The molecule has 0 unspecified atom stereocenters. The molecule has 1 N–H and O–H groups in total. The maximum Gasteiger partial charge on any atom is 0.251 e. The van der Waals surface area contributed by atoms with Crippen molar-refractivity contribution in [2.45, 2.75) is 58.4 Å². The Morgan fingerprint density at radius 2 is 1.88 bits per heavy atom. The van der Waals surface area contributed by atoms with E-state index in [4.69, 9.17) is 0 Å². The summed E-state index contributed by atoms with van der Waals surface area (Å²) in [5, 5.41) is 7.47. The van der Waals surface area contributed by atoms with Crippen LogP contribution in [0.25, 0.3) is 0 Å². The van der Waals surface area contributed by atoms with Crippen molar-refractivity contribution in [2.24, 2.45) is 0 Å². The van der Waals surface area contributed by atoms with Gasteiger partial charge in [0.1, 0.15) is 0 Å². The summed E-state index contributed by atoms with van der Waals surface area (Å²) in [4.78, 5) is 12.3. The van der Waals surface area contributed by atoms with Gasteiger partial charge in [-0.15, -0.1) is 0 Å². The van der Waals surface area contributed by atoms with Crippen LogP contribution in [-0.2, 0) is 24.8 Å². The van der Waals surface area contributed by atoms with Crippen molar-refractivity contribution in [3.05, 3.63) is 52.8 Å². The summed E-state index contributed by atoms with van der Waals surface area (Å²) >= 11 is 0. The highest BCUT2D eigenvalue weighted by molar-refractivity contribution is 5.94. The fourth-order valence-electron chi connectivity index (χ4n) is 3.25. The van der Waals surface area contributed by atoms with Crippen LogP contribution >= 0.6 is 0 Å². The molecule has 1 aromatic carbocycles. The van der Waals surface area contributed by atoms with Crippen molar-refractivity contribution in [3.63, 3.8) is 0 Å². The van der Waals surface area contributed by atoms with Crippen LogP contribution in [-0.4, -0.2) is 22.2 Å². The number of aryl methyl sites for hydroxylation is 1. The van der Waals surface area contributed by atoms with Crippen molar-refractivity contribution in [1.29, 1.82) is 0 Å². The van der Waals surface area contributed by atoms with Crippen molar-refractivity contribution >= 4 is 5.91 Å². The van der Waals surface area contributed by atoms with Crippen molar-refractivity contribution in [1.82, 2.24) is 15.1 Å². The minimum atomic E-state index is -0.0171. The molecule has 0 aliphatic heterocycles. The van der Waals surface area contributed by atoms with Gasteiger partial charge in [-0.25, -0.2) is 0 Å². The Morgan fingerprint density at radius 1 is 1.17 bits per heavy atom. The lowest BCUT2D eigenvalue weighted by Gasteiger charge is -2.19. The highest BCUT2D eigenvalue weighted by atomic mass is 16.1. The number of nitrogens with one attached hydrogen (secondary N) is 1. The van der Waals surface area contributed by atoms with E-state index in [1.54, 1.807) is 0 Å². The van der Waals surface area contributed by atoms with Crippen LogP contribution in [0, 0.1) is 0 Å². The first-order valence-corrected chi connectivity index (χ1v) is 8.87. The molecule has 1 heterocycles. The zero-order valence-corrected chi connectivity index (χ0v) is 14.9. The van der Waals surface area contributed by atoms with Crippen LogP contribution < -0.4 is 5.32 Å². The molecule has 1 aromatic heterocycles. The van der Waals surface area contributed by atoms with E-state index in [0.29, 0.717) is 12.1 Å². The highest BCUT2D eigenvalue weighted by Gasteiger charge is 2.16. The minimum absolute atomic E-state index is 0.0171. The van der Waals surface area contributed by atoms with Crippen LogP contribution in [0.4, 0.5) is 0 Å². The lowest BCUT2D eigenvalue weighted by molar-refractivity contribution is 0.0951. The topological polar surface area (TPSA) is 46.9 Å². The molecule has 3 rings (SSSR count). The van der Waals surface area contributed by atoms with Crippen LogP contribution in [0.5, 0.6) is 0 Å². The van der Waals surface area contributed by atoms with Crippen LogP contribution in [0.1, 0.15) is 60.8 Å². The smallest absolute Gasteiger partial charge is 0.251 e. The lowest BCUT2D eigenvalue weighted by Crippen LogP contribution is -2.28. The summed E-state index contributed by atoms with van der Waals surface area (Å²) < 4.78 is 2.05. The van der Waals surface area contributed by atoms with Crippen molar-refractivity contribution in [2.75, 3.05) is 6.54 Å². The molecule has 0 radical (unpaired) electrons. The Hall–Kier alpha value is -2.10. The summed E-state index contributed by atoms with van der Waals surface area (Å²) in [7, 11) is 0. The molecule has 0 saturated heterocycles. The molecule has 24 heavy (non-hydrogen) atoms. The van der Waals surface area contributed by atoms with E-state index in [0.717, 1.165) is 19.4 Å². The van der Waals surface area contributed by atoms with E-state index in [1.165, 1.54) is 29.7 Å². The second kappa shape index (κ2) is 6.80. The molecule has 0 spiro atoms. The molecule has 1 amide bonds. The second-order valence-corrected chi connectivity index (χ2v) is 7.63. The number of nitrogens with zero attached hydrogens (tertiary/aromatic N) is 2. The molecule has 4 heteroatoms. The van der Waals surface area contributed by atoms with Gasteiger partial charge in [-0.1, -0.05) is 32.9 Å². The van der Waals surface area contributed by atoms with Gasteiger partial charge in [0.2, 0.25) is 0 Å². The number of amides is 1. The number of fused-ring (bicyclic) bond motifs is 1. The Labute approximate surface area is 144 Å².